The smallest absolute Gasteiger partial charge is 0.240 e. The molecule has 0 amide bonds. The minimum absolute atomic E-state index is 0.199. The molecular formula is C20H25F2N5O2S. The van der Waals surface area contributed by atoms with E-state index < -0.39 is 21.7 Å². The maximum Gasteiger partial charge on any atom is 0.240 e. The monoisotopic (exact) mass is 437 g/mol. The summed E-state index contributed by atoms with van der Waals surface area (Å²) in [5, 5.41) is 3.24. The molecule has 0 spiro atoms. The molecular weight excluding hydrogens is 412 g/mol. The second kappa shape index (κ2) is 9.40. The van der Waals surface area contributed by atoms with Crippen molar-refractivity contribution in [3.8, 4) is 0 Å². The second-order valence-electron chi connectivity index (χ2n) is 6.83. The van der Waals surface area contributed by atoms with Crippen LogP contribution < -0.4 is 14.9 Å². The lowest BCUT2D eigenvalue weighted by Gasteiger charge is -2.37. The Morgan fingerprint density at radius 1 is 1.10 bits per heavy atom. The van der Waals surface area contributed by atoms with Gasteiger partial charge in [-0.05, 0) is 36.9 Å². The van der Waals surface area contributed by atoms with E-state index in [-0.39, 0.29) is 10.6 Å². The summed E-state index contributed by atoms with van der Waals surface area (Å²) in [5.74, 6) is -0.242. The van der Waals surface area contributed by atoms with Crippen LogP contribution in [0.1, 0.15) is 5.56 Å². The molecule has 0 aliphatic carbocycles. The Labute approximate surface area is 175 Å². The molecule has 1 saturated heterocycles. The van der Waals surface area contributed by atoms with Gasteiger partial charge in [0.1, 0.15) is 11.6 Å². The first-order valence-electron chi connectivity index (χ1n) is 9.52. The van der Waals surface area contributed by atoms with Crippen LogP contribution in [0.5, 0.6) is 0 Å². The number of aliphatic imine (C=N–C) groups is 1. The second-order valence-corrected chi connectivity index (χ2v) is 8.71. The fraction of sp³-hybridized carbons (Fsp3) is 0.350. The Hall–Kier alpha value is -2.72. The summed E-state index contributed by atoms with van der Waals surface area (Å²) in [6, 6.07) is 10.1. The molecule has 0 unspecified atom stereocenters. The SMILES string of the molecule is CN=C(NCc1cccc(S(=O)(=O)NC)c1)N1CCN(c2cc(F)ccc2F)CC1. The maximum atomic E-state index is 14.0. The number of sulfonamides is 1. The van der Waals surface area contributed by atoms with Gasteiger partial charge in [0.05, 0.1) is 10.6 Å². The molecule has 10 heteroatoms. The van der Waals surface area contributed by atoms with Crippen molar-refractivity contribution in [2.45, 2.75) is 11.4 Å². The molecule has 0 radical (unpaired) electrons. The third kappa shape index (κ3) is 5.06. The summed E-state index contributed by atoms with van der Waals surface area (Å²) in [7, 11) is -0.464. The Bertz CT molecular complexity index is 1020. The normalized spacial score (nSPS) is 15.4. The van der Waals surface area contributed by atoms with Gasteiger partial charge in [-0.2, -0.15) is 0 Å². The molecule has 2 aromatic rings. The highest BCUT2D eigenvalue weighted by Gasteiger charge is 2.22. The van der Waals surface area contributed by atoms with Crippen molar-refractivity contribution in [2.75, 3.05) is 45.2 Å². The van der Waals surface area contributed by atoms with Gasteiger partial charge < -0.3 is 15.1 Å². The molecule has 1 heterocycles. The Morgan fingerprint density at radius 3 is 2.50 bits per heavy atom. The Kier molecular flexibility index (Phi) is 6.88. The van der Waals surface area contributed by atoms with Crippen LogP contribution in [0.2, 0.25) is 0 Å². The van der Waals surface area contributed by atoms with Crippen LogP contribution >= 0.6 is 0 Å². The summed E-state index contributed by atoms with van der Waals surface area (Å²) in [4.78, 5) is 8.33. The molecule has 0 atom stereocenters. The van der Waals surface area contributed by atoms with E-state index in [1.165, 1.54) is 19.2 Å². The van der Waals surface area contributed by atoms with Crippen LogP contribution in [0.15, 0.2) is 52.4 Å². The lowest BCUT2D eigenvalue weighted by Crippen LogP contribution is -2.52. The Morgan fingerprint density at radius 2 is 1.83 bits per heavy atom. The number of guanidine groups is 1. The molecule has 2 aromatic carbocycles. The van der Waals surface area contributed by atoms with Crippen LogP contribution in [-0.4, -0.2) is 59.6 Å². The Balaban J connectivity index is 1.61. The van der Waals surface area contributed by atoms with Crippen LogP contribution in [-0.2, 0) is 16.6 Å². The van der Waals surface area contributed by atoms with Gasteiger partial charge >= 0.3 is 0 Å². The molecule has 162 valence electrons. The van der Waals surface area contributed by atoms with Crippen molar-refractivity contribution < 1.29 is 17.2 Å². The quantitative estimate of drug-likeness (QED) is 0.551. The molecule has 3 rings (SSSR count). The predicted molar refractivity (Wildman–Crippen MR) is 113 cm³/mol. The molecule has 7 nitrogen and oxygen atoms in total. The van der Waals surface area contributed by atoms with Crippen LogP contribution in [0.25, 0.3) is 0 Å². The van der Waals surface area contributed by atoms with Gasteiger partial charge in [-0.25, -0.2) is 21.9 Å². The van der Waals surface area contributed by atoms with Crippen LogP contribution in [0, 0.1) is 11.6 Å². The van der Waals surface area contributed by atoms with E-state index >= 15 is 0 Å². The van der Waals surface area contributed by atoms with Gasteiger partial charge in [0.15, 0.2) is 5.96 Å². The zero-order valence-corrected chi connectivity index (χ0v) is 17.7. The first-order valence-corrected chi connectivity index (χ1v) is 11.0. The molecule has 2 N–H and O–H groups in total. The van der Waals surface area contributed by atoms with Crippen molar-refractivity contribution in [3.05, 3.63) is 59.7 Å². The molecule has 1 aliphatic rings. The van der Waals surface area contributed by atoms with E-state index in [0.717, 1.165) is 17.7 Å². The van der Waals surface area contributed by atoms with Gasteiger partial charge in [0.2, 0.25) is 10.0 Å². The molecule has 0 aromatic heterocycles. The lowest BCUT2D eigenvalue weighted by molar-refractivity contribution is 0.370. The van der Waals surface area contributed by atoms with E-state index in [1.807, 2.05) is 15.9 Å². The number of benzene rings is 2. The maximum absolute atomic E-state index is 14.0. The average molecular weight is 438 g/mol. The van der Waals surface area contributed by atoms with Crippen molar-refractivity contribution >= 4 is 21.7 Å². The number of rotatable bonds is 5. The summed E-state index contributed by atoms with van der Waals surface area (Å²) in [6.07, 6.45) is 0. The van der Waals surface area contributed by atoms with Crippen molar-refractivity contribution in [1.82, 2.24) is 14.9 Å². The fourth-order valence-corrected chi connectivity index (χ4v) is 4.14. The zero-order chi connectivity index (χ0) is 21.7. The number of hydrogen-bond acceptors (Lipinski definition) is 4. The van der Waals surface area contributed by atoms with Gasteiger partial charge in [-0.3, -0.25) is 4.99 Å². The molecule has 0 bridgehead atoms. The van der Waals surface area contributed by atoms with Crippen LogP contribution in [0.4, 0.5) is 14.5 Å². The number of halogens is 2. The van der Waals surface area contributed by atoms with E-state index in [9.17, 15) is 17.2 Å². The van der Waals surface area contributed by atoms with Gasteiger partial charge in [-0.15, -0.1) is 0 Å². The van der Waals surface area contributed by atoms with Crippen molar-refractivity contribution in [1.29, 1.82) is 0 Å². The highest BCUT2D eigenvalue weighted by Crippen LogP contribution is 2.22. The summed E-state index contributed by atoms with van der Waals surface area (Å²) in [5.41, 5.74) is 1.06. The first-order chi connectivity index (χ1) is 14.3. The van der Waals surface area contributed by atoms with E-state index in [2.05, 4.69) is 15.0 Å². The zero-order valence-electron chi connectivity index (χ0n) is 16.9. The molecule has 0 saturated carbocycles. The minimum atomic E-state index is -3.51. The van der Waals surface area contributed by atoms with Crippen LogP contribution in [0.3, 0.4) is 0 Å². The molecule has 1 aliphatic heterocycles. The number of hydrogen-bond donors (Lipinski definition) is 2. The molecule has 1 fully saturated rings. The highest BCUT2D eigenvalue weighted by molar-refractivity contribution is 7.89. The summed E-state index contributed by atoms with van der Waals surface area (Å²) < 4.78 is 53.7. The number of nitrogens with one attached hydrogen (secondary N) is 2. The third-order valence-corrected chi connectivity index (χ3v) is 6.38. The van der Waals surface area contributed by atoms with Gasteiger partial charge in [-0.1, -0.05) is 12.1 Å². The largest absolute Gasteiger partial charge is 0.366 e. The lowest BCUT2D eigenvalue weighted by atomic mass is 10.2. The minimum Gasteiger partial charge on any atom is -0.366 e. The summed E-state index contributed by atoms with van der Waals surface area (Å²) >= 11 is 0. The fourth-order valence-electron chi connectivity index (χ4n) is 3.34. The standard InChI is InChI=1S/C20H25F2N5O2S/c1-23-20(25-14-15-4-3-5-17(12-15)30(28,29)24-2)27-10-8-26(9-11-27)19-13-16(21)6-7-18(19)22/h3-7,12-13,24H,8-11,14H2,1-2H3,(H,23,25). The van der Waals surface area contributed by atoms with Gasteiger partial charge in [0, 0.05) is 45.8 Å². The topological polar surface area (TPSA) is 77.0 Å². The third-order valence-electron chi connectivity index (χ3n) is 4.97. The highest BCUT2D eigenvalue weighted by atomic mass is 32.2. The first kappa shape index (κ1) is 22.0. The molecule has 30 heavy (non-hydrogen) atoms. The predicted octanol–water partition coefficient (Wildman–Crippen LogP) is 1.77. The van der Waals surface area contributed by atoms with E-state index in [4.69, 9.17) is 0 Å². The van der Waals surface area contributed by atoms with Crippen molar-refractivity contribution in [2.24, 2.45) is 4.99 Å². The van der Waals surface area contributed by atoms with E-state index in [0.29, 0.717) is 38.7 Å². The number of anilines is 1. The number of nitrogens with zero attached hydrogens (tertiary/aromatic N) is 3. The van der Waals surface area contributed by atoms with Gasteiger partial charge in [0.25, 0.3) is 0 Å². The summed E-state index contributed by atoms with van der Waals surface area (Å²) in [6.45, 7) is 2.63. The average Bonchev–Trinajstić information content (AvgIpc) is 2.76. The van der Waals surface area contributed by atoms with Crippen molar-refractivity contribution in [3.63, 3.8) is 0 Å². The van der Waals surface area contributed by atoms with E-state index in [1.54, 1.807) is 19.2 Å². The number of piperazine rings is 1.